The van der Waals surface area contributed by atoms with E-state index in [-0.39, 0.29) is 10.2 Å². The summed E-state index contributed by atoms with van der Waals surface area (Å²) >= 11 is 2.92. The fraction of sp³-hybridized carbons (Fsp3) is 0. The molecule has 0 heterocycles. The van der Waals surface area contributed by atoms with E-state index in [0.717, 1.165) is 12.1 Å². The molecular formula is C7H2BrF2N. The van der Waals surface area contributed by atoms with Crippen LogP contribution in [0.1, 0.15) is 0 Å². The lowest BCUT2D eigenvalue weighted by atomic mass is 10.3. The maximum Gasteiger partial charge on any atom is 0.204 e. The standard InChI is InChI=1S/C7H2BrF2N/c1-11-7-3-6(10)5(9)2-4(7)8/h2-3H. The highest BCUT2D eigenvalue weighted by Crippen LogP contribution is 2.27. The molecule has 0 unspecified atom stereocenters. The van der Waals surface area contributed by atoms with Crippen LogP contribution < -0.4 is 0 Å². The van der Waals surface area contributed by atoms with Crippen LogP contribution in [0, 0.1) is 18.2 Å². The summed E-state index contributed by atoms with van der Waals surface area (Å²) in [6, 6.07) is 1.79. The monoisotopic (exact) mass is 217 g/mol. The number of halogens is 3. The average Bonchev–Trinajstić information content (AvgIpc) is 1.97. The van der Waals surface area contributed by atoms with E-state index in [1.807, 2.05) is 0 Å². The van der Waals surface area contributed by atoms with Gasteiger partial charge in [0.15, 0.2) is 5.82 Å². The molecule has 11 heavy (non-hydrogen) atoms. The maximum absolute atomic E-state index is 12.4. The molecule has 0 N–H and O–H groups in total. The van der Waals surface area contributed by atoms with Gasteiger partial charge in [0.25, 0.3) is 0 Å². The number of benzene rings is 1. The molecule has 0 aliphatic rings. The summed E-state index contributed by atoms with van der Waals surface area (Å²) in [6.07, 6.45) is 0. The van der Waals surface area contributed by atoms with Gasteiger partial charge in [0.1, 0.15) is 5.82 Å². The fourth-order valence-electron chi connectivity index (χ4n) is 0.598. The molecule has 1 aromatic carbocycles. The van der Waals surface area contributed by atoms with Gasteiger partial charge >= 0.3 is 0 Å². The molecule has 0 saturated heterocycles. The van der Waals surface area contributed by atoms with Crippen LogP contribution in [-0.2, 0) is 0 Å². The zero-order valence-corrected chi connectivity index (χ0v) is 6.82. The third-order valence-corrected chi connectivity index (χ3v) is 1.75. The smallest absolute Gasteiger partial charge is 0.204 e. The predicted molar refractivity (Wildman–Crippen MR) is 40.3 cm³/mol. The molecular weight excluding hydrogens is 216 g/mol. The van der Waals surface area contributed by atoms with Crippen molar-refractivity contribution in [3.05, 3.63) is 39.7 Å². The molecule has 0 bridgehead atoms. The molecule has 0 fully saturated rings. The van der Waals surface area contributed by atoms with Crippen molar-refractivity contribution < 1.29 is 8.78 Å². The Hall–Kier alpha value is -0.950. The van der Waals surface area contributed by atoms with E-state index in [0.29, 0.717) is 0 Å². The lowest BCUT2D eigenvalue weighted by Crippen LogP contribution is -1.81. The molecule has 0 saturated carbocycles. The largest absolute Gasteiger partial charge is 0.237 e. The van der Waals surface area contributed by atoms with Gasteiger partial charge in [-0.15, -0.1) is 0 Å². The van der Waals surface area contributed by atoms with E-state index < -0.39 is 11.6 Å². The second-order valence-corrected chi connectivity index (χ2v) is 2.68. The highest BCUT2D eigenvalue weighted by atomic mass is 79.9. The fourth-order valence-corrected chi connectivity index (χ4v) is 1.00. The van der Waals surface area contributed by atoms with Gasteiger partial charge in [-0.1, -0.05) is 15.9 Å². The Bertz CT molecular complexity index is 330. The zero-order valence-electron chi connectivity index (χ0n) is 5.24. The van der Waals surface area contributed by atoms with Crippen LogP contribution in [0.2, 0.25) is 0 Å². The van der Waals surface area contributed by atoms with Crippen LogP contribution >= 0.6 is 15.9 Å². The number of hydrogen-bond acceptors (Lipinski definition) is 0. The molecule has 0 aliphatic carbocycles. The van der Waals surface area contributed by atoms with Gasteiger partial charge in [-0.05, 0) is 12.1 Å². The van der Waals surface area contributed by atoms with E-state index in [1.54, 1.807) is 0 Å². The minimum absolute atomic E-state index is 0.0731. The van der Waals surface area contributed by atoms with Crippen LogP contribution in [0.3, 0.4) is 0 Å². The lowest BCUT2D eigenvalue weighted by Gasteiger charge is -1.95. The van der Waals surface area contributed by atoms with E-state index >= 15 is 0 Å². The summed E-state index contributed by atoms with van der Waals surface area (Å²) in [5.41, 5.74) is 0.0731. The molecule has 0 radical (unpaired) electrons. The Morgan fingerprint density at radius 3 is 2.36 bits per heavy atom. The van der Waals surface area contributed by atoms with Crippen LogP contribution in [0.25, 0.3) is 4.85 Å². The third kappa shape index (κ3) is 1.55. The molecule has 1 aromatic rings. The molecule has 4 heteroatoms. The van der Waals surface area contributed by atoms with Gasteiger partial charge in [0.05, 0.1) is 6.57 Å². The quantitative estimate of drug-likeness (QED) is 0.464. The van der Waals surface area contributed by atoms with Crippen LogP contribution in [0.15, 0.2) is 16.6 Å². The molecule has 1 nitrogen and oxygen atoms in total. The molecule has 0 aliphatic heterocycles. The van der Waals surface area contributed by atoms with Gasteiger partial charge in [-0.2, -0.15) is 0 Å². The van der Waals surface area contributed by atoms with Crippen molar-refractivity contribution in [1.82, 2.24) is 0 Å². The number of hydrogen-bond donors (Lipinski definition) is 0. The molecule has 0 aromatic heterocycles. The molecule has 56 valence electrons. The number of nitrogens with zero attached hydrogens (tertiary/aromatic N) is 1. The number of rotatable bonds is 0. The lowest BCUT2D eigenvalue weighted by molar-refractivity contribution is 0.508. The van der Waals surface area contributed by atoms with Gasteiger partial charge < -0.3 is 0 Å². The van der Waals surface area contributed by atoms with Crippen molar-refractivity contribution >= 4 is 21.6 Å². The first-order chi connectivity index (χ1) is 5.15. The topological polar surface area (TPSA) is 4.36 Å². The van der Waals surface area contributed by atoms with Gasteiger partial charge in [-0.25, -0.2) is 13.6 Å². The summed E-state index contributed by atoms with van der Waals surface area (Å²) in [5.74, 6) is -1.96. The summed E-state index contributed by atoms with van der Waals surface area (Å²) < 4.78 is 25.1. The summed E-state index contributed by atoms with van der Waals surface area (Å²) in [7, 11) is 0. The Morgan fingerprint density at radius 1 is 1.27 bits per heavy atom. The summed E-state index contributed by atoms with van der Waals surface area (Å²) in [5, 5.41) is 0. The Balaban J connectivity index is 3.35. The van der Waals surface area contributed by atoms with Crippen LogP contribution in [-0.4, -0.2) is 0 Å². The highest BCUT2D eigenvalue weighted by molar-refractivity contribution is 9.10. The SMILES string of the molecule is [C-]#[N+]c1cc(F)c(F)cc1Br. The Labute approximate surface area is 70.6 Å². The first kappa shape index (κ1) is 8.15. The minimum atomic E-state index is -1.00. The minimum Gasteiger partial charge on any atom is -0.237 e. The van der Waals surface area contributed by atoms with Crippen molar-refractivity contribution in [2.24, 2.45) is 0 Å². The first-order valence-corrected chi connectivity index (χ1v) is 3.46. The second-order valence-electron chi connectivity index (χ2n) is 1.83. The Kier molecular flexibility index (Phi) is 2.20. The van der Waals surface area contributed by atoms with Gasteiger partial charge in [-0.3, -0.25) is 0 Å². The maximum atomic E-state index is 12.4. The van der Waals surface area contributed by atoms with Crippen LogP contribution in [0.4, 0.5) is 14.5 Å². The molecule has 0 spiro atoms. The van der Waals surface area contributed by atoms with Gasteiger partial charge in [0, 0.05) is 4.47 Å². The summed E-state index contributed by atoms with van der Waals surface area (Å²) in [4.78, 5) is 2.97. The van der Waals surface area contributed by atoms with Crippen molar-refractivity contribution in [1.29, 1.82) is 0 Å². The normalized spacial score (nSPS) is 9.27. The van der Waals surface area contributed by atoms with E-state index in [2.05, 4.69) is 20.8 Å². The average molecular weight is 218 g/mol. The first-order valence-electron chi connectivity index (χ1n) is 2.67. The van der Waals surface area contributed by atoms with Crippen molar-refractivity contribution in [2.45, 2.75) is 0 Å². The molecule has 1 rings (SSSR count). The van der Waals surface area contributed by atoms with Crippen molar-refractivity contribution in [3.63, 3.8) is 0 Å². The predicted octanol–water partition coefficient (Wildman–Crippen LogP) is 3.28. The van der Waals surface area contributed by atoms with E-state index in [4.69, 9.17) is 6.57 Å². The van der Waals surface area contributed by atoms with Gasteiger partial charge in [0.2, 0.25) is 5.69 Å². The van der Waals surface area contributed by atoms with Crippen molar-refractivity contribution in [3.8, 4) is 0 Å². The third-order valence-electron chi connectivity index (χ3n) is 1.11. The Morgan fingerprint density at radius 2 is 1.82 bits per heavy atom. The molecule has 0 atom stereocenters. The zero-order chi connectivity index (χ0) is 8.43. The van der Waals surface area contributed by atoms with Crippen molar-refractivity contribution in [2.75, 3.05) is 0 Å². The van der Waals surface area contributed by atoms with E-state index in [1.165, 1.54) is 0 Å². The summed E-state index contributed by atoms with van der Waals surface area (Å²) in [6.45, 7) is 6.56. The van der Waals surface area contributed by atoms with Crippen LogP contribution in [0.5, 0.6) is 0 Å². The highest BCUT2D eigenvalue weighted by Gasteiger charge is 2.06. The second kappa shape index (κ2) is 2.97. The van der Waals surface area contributed by atoms with E-state index in [9.17, 15) is 8.78 Å². The molecule has 0 amide bonds.